The van der Waals surface area contributed by atoms with Crippen molar-refractivity contribution in [3.05, 3.63) is 63.3 Å². The molecule has 0 radical (unpaired) electrons. The van der Waals surface area contributed by atoms with Crippen LogP contribution in [0.25, 0.3) is 0 Å². The lowest BCUT2D eigenvalue weighted by Gasteiger charge is -2.10. The number of halogens is 1. The molecule has 2 aromatic rings. The van der Waals surface area contributed by atoms with Gasteiger partial charge in [0, 0.05) is 6.20 Å². The minimum absolute atomic E-state index is 0.162. The Morgan fingerprint density at radius 2 is 2.05 bits per heavy atom. The fourth-order valence-electron chi connectivity index (χ4n) is 1.84. The third-order valence-corrected chi connectivity index (χ3v) is 3.04. The third-order valence-electron chi connectivity index (χ3n) is 2.84. The number of aromatic nitrogens is 2. The zero-order valence-corrected chi connectivity index (χ0v) is 11.6. The molecule has 0 aliphatic carbocycles. The Balaban J connectivity index is 2.31. The standard InChI is InChI=1S/C14H13ClN2O3/c1-20-13(18)6-10-4-2-3-5-11(10)8-17-9-12(15)7-16-14(17)19/h2-5,7,9H,6,8H2,1H3. The Bertz CT molecular complexity index is 682. The molecule has 0 N–H and O–H groups in total. The number of methoxy groups -OCH3 is 1. The van der Waals surface area contributed by atoms with Crippen LogP contribution in [0, 0.1) is 0 Å². The molecular weight excluding hydrogens is 280 g/mol. The van der Waals surface area contributed by atoms with Gasteiger partial charge in [0.2, 0.25) is 0 Å². The molecule has 104 valence electrons. The molecule has 0 atom stereocenters. The Labute approximate surface area is 120 Å². The van der Waals surface area contributed by atoms with E-state index >= 15 is 0 Å². The minimum Gasteiger partial charge on any atom is -0.469 e. The van der Waals surface area contributed by atoms with Gasteiger partial charge in [0.25, 0.3) is 0 Å². The second-order valence-electron chi connectivity index (χ2n) is 4.20. The molecule has 0 aliphatic rings. The van der Waals surface area contributed by atoms with Crippen LogP contribution < -0.4 is 5.69 Å². The van der Waals surface area contributed by atoms with Gasteiger partial charge in [-0.1, -0.05) is 35.9 Å². The van der Waals surface area contributed by atoms with Crippen LogP contribution in [0.15, 0.2) is 41.5 Å². The maximum absolute atomic E-state index is 11.7. The number of rotatable bonds is 4. The van der Waals surface area contributed by atoms with E-state index in [0.717, 1.165) is 11.1 Å². The minimum atomic E-state index is -0.387. The number of esters is 1. The first-order chi connectivity index (χ1) is 9.60. The summed E-state index contributed by atoms with van der Waals surface area (Å²) < 4.78 is 6.06. The van der Waals surface area contributed by atoms with Crippen molar-refractivity contribution in [2.75, 3.05) is 7.11 Å². The fourth-order valence-corrected chi connectivity index (χ4v) is 2.00. The Morgan fingerprint density at radius 1 is 1.35 bits per heavy atom. The molecule has 6 heteroatoms. The first kappa shape index (κ1) is 14.3. The topological polar surface area (TPSA) is 61.2 Å². The van der Waals surface area contributed by atoms with Gasteiger partial charge < -0.3 is 4.74 Å². The number of nitrogens with zero attached hydrogens (tertiary/aromatic N) is 2. The molecule has 0 spiro atoms. The number of hydrogen-bond donors (Lipinski definition) is 0. The molecule has 2 rings (SSSR count). The highest BCUT2D eigenvalue weighted by Gasteiger charge is 2.09. The second-order valence-corrected chi connectivity index (χ2v) is 4.64. The molecule has 5 nitrogen and oxygen atoms in total. The monoisotopic (exact) mass is 292 g/mol. The van der Waals surface area contributed by atoms with Gasteiger partial charge in [0.15, 0.2) is 0 Å². The van der Waals surface area contributed by atoms with Crippen molar-refractivity contribution in [2.24, 2.45) is 0 Å². The van der Waals surface area contributed by atoms with E-state index in [1.54, 1.807) is 0 Å². The van der Waals surface area contributed by atoms with E-state index in [4.69, 9.17) is 11.6 Å². The van der Waals surface area contributed by atoms with Crippen molar-refractivity contribution >= 4 is 17.6 Å². The van der Waals surface area contributed by atoms with Crippen LogP contribution in [0.4, 0.5) is 0 Å². The SMILES string of the molecule is COC(=O)Cc1ccccc1Cn1cc(Cl)cnc1=O. The van der Waals surface area contributed by atoms with Crippen LogP contribution in [0.3, 0.4) is 0 Å². The van der Waals surface area contributed by atoms with E-state index in [1.165, 1.54) is 24.1 Å². The summed E-state index contributed by atoms with van der Waals surface area (Å²) in [7, 11) is 1.34. The lowest BCUT2D eigenvalue weighted by Crippen LogP contribution is -2.23. The average Bonchev–Trinajstić information content (AvgIpc) is 2.44. The number of carbonyl (C=O) groups is 1. The summed E-state index contributed by atoms with van der Waals surface area (Å²) in [6, 6.07) is 7.36. The van der Waals surface area contributed by atoms with Crippen LogP contribution in [0.2, 0.25) is 5.02 Å². The Hall–Kier alpha value is -2.14. The summed E-state index contributed by atoms with van der Waals surface area (Å²) >= 11 is 5.83. The second kappa shape index (κ2) is 6.34. The van der Waals surface area contributed by atoms with Gasteiger partial charge in [0.1, 0.15) is 0 Å². The molecule has 0 amide bonds. The van der Waals surface area contributed by atoms with E-state index in [-0.39, 0.29) is 18.1 Å². The van der Waals surface area contributed by atoms with Crippen molar-refractivity contribution in [2.45, 2.75) is 13.0 Å². The maximum atomic E-state index is 11.7. The van der Waals surface area contributed by atoms with Crippen LogP contribution in [-0.4, -0.2) is 22.6 Å². The van der Waals surface area contributed by atoms with E-state index in [1.807, 2.05) is 24.3 Å². The molecule has 0 unspecified atom stereocenters. The zero-order chi connectivity index (χ0) is 14.5. The summed E-state index contributed by atoms with van der Waals surface area (Å²) in [6.45, 7) is 0.305. The molecule has 20 heavy (non-hydrogen) atoms. The van der Waals surface area contributed by atoms with E-state index in [9.17, 15) is 9.59 Å². The predicted octanol–water partition coefficient (Wildman–Crippen LogP) is 1.66. The summed E-state index contributed by atoms with van der Waals surface area (Å²) in [5, 5.41) is 0.384. The summed E-state index contributed by atoms with van der Waals surface area (Å²) in [4.78, 5) is 26.7. The lowest BCUT2D eigenvalue weighted by atomic mass is 10.0. The highest BCUT2D eigenvalue weighted by molar-refractivity contribution is 6.30. The van der Waals surface area contributed by atoms with E-state index in [0.29, 0.717) is 11.6 Å². The van der Waals surface area contributed by atoms with Gasteiger partial charge in [-0.05, 0) is 11.1 Å². The van der Waals surface area contributed by atoms with Crippen molar-refractivity contribution in [1.29, 1.82) is 0 Å². The molecule has 0 fully saturated rings. The number of carbonyl (C=O) groups excluding carboxylic acids is 1. The number of hydrogen-bond acceptors (Lipinski definition) is 4. The van der Waals surface area contributed by atoms with Crippen molar-refractivity contribution < 1.29 is 9.53 Å². The molecular formula is C14H13ClN2O3. The number of ether oxygens (including phenoxy) is 1. The molecule has 0 saturated heterocycles. The number of benzene rings is 1. The predicted molar refractivity (Wildman–Crippen MR) is 74.8 cm³/mol. The molecule has 0 bridgehead atoms. The largest absolute Gasteiger partial charge is 0.469 e. The summed E-state index contributed by atoms with van der Waals surface area (Å²) in [5.74, 6) is -0.325. The van der Waals surface area contributed by atoms with Crippen molar-refractivity contribution in [3.8, 4) is 0 Å². The van der Waals surface area contributed by atoms with Crippen LogP contribution >= 0.6 is 11.6 Å². The zero-order valence-electron chi connectivity index (χ0n) is 10.9. The van der Waals surface area contributed by atoms with Crippen LogP contribution in [0.5, 0.6) is 0 Å². The van der Waals surface area contributed by atoms with Gasteiger partial charge in [-0.25, -0.2) is 9.78 Å². The van der Waals surface area contributed by atoms with Crippen molar-refractivity contribution in [3.63, 3.8) is 0 Å². The third kappa shape index (κ3) is 3.45. The highest BCUT2D eigenvalue weighted by Crippen LogP contribution is 2.12. The highest BCUT2D eigenvalue weighted by atomic mass is 35.5. The smallest absolute Gasteiger partial charge is 0.347 e. The molecule has 0 aliphatic heterocycles. The van der Waals surface area contributed by atoms with Crippen LogP contribution in [0.1, 0.15) is 11.1 Å². The summed E-state index contributed by atoms with van der Waals surface area (Å²) in [6.07, 6.45) is 2.99. The van der Waals surface area contributed by atoms with Crippen LogP contribution in [-0.2, 0) is 22.5 Å². The molecule has 1 aromatic heterocycles. The molecule has 1 heterocycles. The first-order valence-corrected chi connectivity index (χ1v) is 6.33. The quantitative estimate of drug-likeness (QED) is 0.804. The van der Waals surface area contributed by atoms with Crippen molar-refractivity contribution in [1.82, 2.24) is 9.55 Å². The lowest BCUT2D eigenvalue weighted by molar-refractivity contribution is -0.139. The van der Waals surface area contributed by atoms with E-state index in [2.05, 4.69) is 9.72 Å². The van der Waals surface area contributed by atoms with Gasteiger partial charge in [-0.3, -0.25) is 9.36 Å². The van der Waals surface area contributed by atoms with Gasteiger partial charge in [0.05, 0.1) is 31.3 Å². The Morgan fingerprint density at radius 3 is 2.75 bits per heavy atom. The summed E-state index contributed by atoms with van der Waals surface area (Å²) in [5.41, 5.74) is 1.28. The van der Waals surface area contributed by atoms with E-state index < -0.39 is 0 Å². The Kier molecular flexibility index (Phi) is 4.53. The average molecular weight is 293 g/mol. The normalized spacial score (nSPS) is 10.3. The first-order valence-electron chi connectivity index (χ1n) is 5.95. The van der Waals surface area contributed by atoms with Gasteiger partial charge in [-0.2, -0.15) is 0 Å². The maximum Gasteiger partial charge on any atom is 0.347 e. The molecule has 1 aromatic carbocycles. The fraction of sp³-hybridized carbons (Fsp3) is 0.214. The van der Waals surface area contributed by atoms with Gasteiger partial charge in [-0.15, -0.1) is 0 Å². The van der Waals surface area contributed by atoms with Gasteiger partial charge >= 0.3 is 11.7 Å². The molecule has 0 saturated carbocycles.